The van der Waals surface area contributed by atoms with E-state index >= 15 is 0 Å². The van der Waals surface area contributed by atoms with Crippen molar-refractivity contribution in [2.75, 3.05) is 18.5 Å². The molecule has 1 N–H and O–H groups in total. The van der Waals surface area contributed by atoms with E-state index in [1.807, 2.05) is 6.07 Å². The fourth-order valence-corrected chi connectivity index (χ4v) is 2.54. The first-order valence-corrected chi connectivity index (χ1v) is 7.51. The van der Waals surface area contributed by atoms with E-state index in [2.05, 4.69) is 55.6 Å². The van der Waals surface area contributed by atoms with E-state index in [1.54, 1.807) is 0 Å². The first kappa shape index (κ1) is 13.8. The number of hydrogen-bond acceptors (Lipinski definition) is 3. The van der Waals surface area contributed by atoms with Crippen LogP contribution in [0, 0.1) is 0 Å². The summed E-state index contributed by atoms with van der Waals surface area (Å²) in [5.41, 5.74) is 3.69. The lowest BCUT2D eigenvalue weighted by Gasteiger charge is -2.21. The van der Waals surface area contributed by atoms with Crippen molar-refractivity contribution in [2.45, 2.75) is 26.3 Å². The first-order chi connectivity index (χ1) is 10.3. The summed E-state index contributed by atoms with van der Waals surface area (Å²) in [4.78, 5) is 0. The lowest BCUT2D eigenvalue weighted by molar-refractivity contribution is 0.171. The van der Waals surface area contributed by atoms with Crippen LogP contribution < -0.4 is 14.8 Å². The Morgan fingerprint density at radius 3 is 2.67 bits per heavy atom. The van der Waals surface area contributed by atoms with Gasteiger partial charge < -0.3 is 14.8 Å². The summed E-state index contributed by atoms with van der Waals surface area (Å²) < 4.78 is 11.2. The number of nitrogens with one attached hydrogen (secondary N) is 1. The zero-order valence-electron chi connectivity index (χ0n) is 12.6. The predicted octanol–water partition coefficient (Wildman–Crippen LogP) is 4.19. The molecule has 0 fully saturated rings. The standard InChI is InChI=1S/C18H21NO2/c1-3-14-5-4-6-16(11-14)19-13(2)15-7-8-17-18(12-15)21-10-9-20-17/h4-8,11-13,19H,3,9-10H2,1-2H3. The van der Waals surface area contributed by atoms with Crippen LogP contribution in [-0.2, 0) is 6.42 Å². The van der Waals surface area contributed by atoms with Crippen molar-refractivity contribution >= 4 is 5.69 Å². The summed E-state index contributed by atoms with van der Waals surface area (Å²) in [5, 5.41) is 3.54. The largest absolute Gasteiger partial charge is 0.486 e. The molecule has 1 heterocycles. The van der Waals surface area contributed by atoms with Crippen LogP contribution in [0.5, 0.6) is 11.5 Å². The first-order valence-electron chi connectivity index (χ1n) is 7.51. The van der Waals surface area contributed by atoms with E-state index in [-0.39, 0.29) is 6.04 Å². The van der Waals surface area contributed by atoms with Crippen molar-refractivity contribution < 1.29 is 9.47 Å². The molecule has 0 amide bonds. The summed E-state index contributed by atoms with van der Waals surface area (Å²) in [6.07, 6.45) is 1.05. The van der Waals surface area contributed by atoms with Gasteiger partial charge in [0.2, 0.25) is 0 Å². The quantitative estimate of drug-likeness (QED) is 0.912. The SMILES string of the molecule is CCc1cccc(NC(C)c2ccc3c(c2)OCCO3)c1. The summed E-state index contributed by atoms with van der Waals surface area (Å²) in [5.74, 6) is 1.68. The Balaban J connectivity index is 1.76. The highest BCUT2D eigenvalue weighted by Gasteiger charge is 2.14. The molecular formula is C18H21NO2. The summed E-state index contributed by atoms with van der Waals surface area (Å²) >= 11 is 0. The molecule has 21 heavy (non-hydrogen) atoms. The number of aryl methyl sites for hydroxylation is 1. The molecule has 0 radical (unpaired) electrons. The lowest BCUT2D eigenvalue weighted by atomic mass is 10.1. The molecule has 1 aliphatic rings. The maximum absolute atomic E-state index is 5.65. The molecule has 110 valence electrons. The molecule has 0 saturated heterocycles. The minimum atomic E-state index is 0.216. The number of benzene rings is 2. The van der Waals surface area contributed by atoms with E-state index in [0.29, 0.717) is 13.2 Å². The minimum Gasteiger partial charge on any atom is -0.486 e. The summed E-state index contributed by atoms with van der Waals surface area (Å²) in [6.45, 7) is 5.58. The van der Waals surface area contributed by atoms with Crippen molar-refractivity contribution in [2.24, 2.45) is 0 Å². The van der Waals surface area contributed by atoms with Crippen molar-refractivity contribution in [3.05, 3.63) is 53.6 Å². The van der Waals surface area contributed by atoms with Gasteiger partial charge in [0, 0.05) is 11.7 Å². The van der Waals surface area contributed by atoms with Crippen molar-refractivity contribution in [1.82, 2.24) is 0 Å². The van der Waals surface area contributed by atoms with Gasteiger partial charge in [-0.1, -0.05) is 25.1 Å². The van der Waals surface area contributed by atoms with E-state index < -0.39 is 0 Å². The average molecular weight is 283 g/mol. The molecule has 0 bridgehead atoms. The topological polar surface area (TPSA) is 30.5 Å². The van der Waals surface area contributed by atoms with Crippen molar-refractivity contribution in [3.8, 4) is 11.5 Å². The Labute approximate surface area is 125 Å². The second-order valence-electron chi connectivity index (χ2n) is 5.32. The Morgan fingerprint density at radius 2 is 1.86 bits per heavy atom. The normalized spacial score (nSPS) is 14.6. The van der Waals surface area contributed by atoms with Crippen LogP contribution in [0.4, 0.5) is 5.69 Å². The van der Waals surface area contributed by atoms with Gasteiger partial charge in [0.15, 0.2) is 11.5 Å². The van der Waals surface area contributed by atoms with Crippen LogP contribution in [0.2, 0.25) is 0 Å². The molecule has 0 aromatic heterocycles. The number of hydrogen-bond donors (Lipinski definition) is 1. The highest BCUT2D eigenvalue weighted by Crippen LogP contribution is 2.33. The molecule has 1 atom stereocenters. The fraction of sp³-hybridized carbons (Fsp3) is 0.333. The molecular weight excluding hydrogens is 262 g/mol. The Morgan fingerprint density at radius 1 is 1.05 bits per heavy atom. The molecule has 1 unspecified atom stereocenters. The van der Waals surface area contributed by atoms with Crippen LogP contribution >= 0.6 is 0 Å². The molecule has 1 aliphatic heterocycles. The minimum absolute atomic E-state index is 0.216. The molecule has 0 aliphatic carbocycles. The third kappa shape index (κ3) is 3.13. The predicted molar refractivity (Wildman–Crippen MR) is 85.3 cm³/mol. The van der Waals surface area contributed by atoms with Crippen LogP contribution in [-0.4, -0.2) is 13.2 Å². The monoisotopic (exact) mass is 283 g/mol. The van der Waals surface area contributed by atoms with Crippen LogP contribution in [0.1, 0.15) is 31.0 Å². The molecule has 3 heteroatoms. The molecule has 2 aromatic carbocycles. The van der Waals surface area contributed by atoms with Crippen LogP contribution in [0.25, 0.3) is 0 Å². The number of ether oxygens (including phenoxy) is 2. The van der Waals surface area contributed by atoms with Gasteiger partial charge in [0.25, 0.3) is 0 Å². The summed E-state index contributed by atoms with van der Waals surface area (Å²) in [7, 11) is 0. The Bertz CT molecular complexity index is 624. The molecule has 3 nitrogen and oxygen atoms in total. The third-order valence-electron chi connectivity index (χ3n) is 3.78. The zero-order valence-corrected chi connectivity index (χ0v) is 12.6. The van der Waals surface area contributed by atoms with Crippen LogP contribution in [0.15, 0.2) is 42.5 Å². The van der Waals surface area contributed by atoms with E-state index in [0.717, 1.165) is 23.6 Å². The van der Waals surface area contributed by atoms with E-state index in [4.69, 9.17) is 9.47 Å². The van der Waals surface area contributed by atoms with E-state index in [1.165, 1.54) is 11.1 Å². The van der Waals surface area contributed by atoms with Gasteiger partial charge in [-0.05, 0) is 48.7 Å². The van der Waals surface area contributed by atoms with Gasteiger partial charge in [0.05, 0.1) is 0 Å². The van der Waals surface area contributed by atoms with Gasteiger partial charge in [-0.2, -0.15) is 0 Å². The van der Waals surface area contributed by atoms with Gasteiger partial charge in [-0.25, -0.2) is 0 Å². The molecule has 2 aromatic rings. The van der Waals surface area contributed by atoms with Gasteiger partial charge in [-0.15, -0.1) is 0 Å². The van der Waals surface area contributed by atoms with Crippen molar-refractivity contribution in [1.29, 1.82) is 0 Å². The highest BCUT2D eigenvalue weighted by molar-refractivity contribution is 5.50. The average Bonchev–Trinajstić information content (AvgIpc) is 2.54. The number of anilines is 1. The highest BCUT2D eigenvalue weighted by atomic mass is 16.6. The van der Waals surface area contributed by atoms with Gasteiger partial charge in [-0.3, -0.25) is 0 Å². The Kier molecular flexibility index (Phi) is 4.00. The van der Waals surface area contributed by atoms with Gasteiger partial charge in [0.1, 0.15) is 13.2 Å². The van der Waals surface area contributed by atoms with Crippen LogP contribution in [0.3, 0.4) is 0 Å². The zero-order chi connectivity index (χ0) is 14.7. The maximum atomic E-state index is 5.65. The number of rotatable bonds is 4. The summed E-state index contributed by atoms with van der Waals surface area (Å²) in [6, 6.07) is 14.9. The second kappa shape index (κ2) is 6.08. The van der Waals surface area contributed by atoms with Gasteiger partial charge >= 0.3 is 0 Å². The third-order valence-corrected chi connectivity index (χ3v) is 3.78. The number of fused-ring (bicyclic) bond motifs is 1. The molecule has 3 rings (SSSR count). The van der Waals surface area contributed by atoms with Crippen molar-refractivity contribution in [3.63, 3.8) is 0 Å². The molecule has 0 spiro atoms. The van der Waals surface area contributed by atoms with E-state index in [9.17, 15) is 0 Å². The molecule has 0 saturated carbocycles. The Hall–Kier alpha value is -2.16. The smallest absolute Gasteiger partial charge is 0.161 e. The maximum Gasteiger partial charge on any atom is 0.161 e. The lowest BCUT2D eigenvalue weighted by Crippen LogP contribution is -2.16. The second-order valence-corrected chi connectivity index (χ2v) is 5.32. The fourth-order valence-electron chi connectivity index (χ4n) is 2.54.